The van der Waals surface area contributed by atoms with E-state index in [-0.39, 0.29) is 0 Å². The van der Waals surface area contributed by atoms with E-state index in [9.17, 15) is 5.11 Å². The van der Waals surface area contributed by atoms with Gasteiger partial charge in [-0.1, -0.05) is 97.7 Å². The molecular formula is C49H66O3. The van der Waals surface area contributed by atoms with Crippen molar-refractivity contribution in [3.63, 3.8) is 0 Å². The Morgan fingerprint density at radius 3 is 1.50 bits per heavy atom. The van der Waals surface area contributed by atoms with Crippen molar-refractivity contribution in [3.8, 4) is 5.75 Å². The quantitative estimate of drug-likeness (QED) is 0.220. The number of phenols is 1. The van der Waals surface area contributed by atoms with Crippen LogP contribution in [-0.4, -0.2) is 19.3 Å². The first-order valence-electron chi connectivity index (χ1n) is 21.3. The van der Waals surface area contributed by atoms with Crippen LogP contribution in [-0.2, 0) is 9.47 Å². The van der Waals surface area contributed by atoms with Crippen molar-refractivity contribution in [2.24, 2.45) is 35.5 Å². The number of hydrogen-bond acceptors (Lipinski definition) is 3. The lowest BCUT2D eigenvalue weighted by molar-refractivity contribution is 0.248. The molecule has 6 aliphatic carbocycles. The van der Waals surface area contributed by atoms with E-state index in [2.05, 4.69) is 51.1 Å². The van der Waals surface area contributed by atoms with Crippen LogP contribution in [0.15, 0.2) is 82.0 Å². The van der Waals surface area contributed by atoms with Gasteiger partial charge in [-0.15, -0.1) is 0 Å². The van der Waals surface area contributed by atoms with Crippen molar-refractivity contribution < 1.29 is 14.6 Å². The summed E-state index contributed by atoms with van der Waals surface area (Å²) in [6, 6.07) is 16.5. The van der Waals surface area contributed by atoms with Crippen molar-refractivity contribution in [2.45, 2.75) is 136 Å². The summed E-state index contributed by atoms with van der Waals surface area (Å²) in [5.74, 6) is 6.61. The van der Waals surface area contributed by atoms with Crippen LogP contribution in [0.4, 0.5) is 0 Å². The standard InChI is InChI=1S/C25H34O.C24H32O2/c1-4-9-19-20-12-5-6-13-21(20)23-15-8-14-22(19)24(23)25(26-3)18-11-7-10-17(2)16-18;1-3-8-18-19-11-4-5-12-20(19)22-14-7-13-21(18)23(22)24(26-2)16-9-6-10-17(25)15-16/h7,10-11,16,19,22-23H,4-6,8-9,12-15H2,1-3H3;6,9-10,15,18,21-22,25H,3-5,7-8,11-14H2,1-2H3/b25-24+;24-23+. The van der Waals surface area contributed by atoms with E-state index in [1.54, 1.807) is 22.8 Å². The Kier molecular flexibility index (Phi) is 12.0. The van der Waals surface area contributed by atoms with Crippen LogP contribution in [0, 0.1) is 42.4 Å². The summed E-state index contributed by atoms with van der Waals surface area (Å²) in [5.41, 5.74) is 14.1. The minimum Gasteiger partial charge on any atom is -0.508 e. The lowest BCUT2D eigenvalue weighted by Gasteiger charge is -2.48. The highest BCUT2D eigenvalue weighted by Gasteiger charge is 2.46. The Labute approximate surface area is 315 Å². The summed E-state index contributed by atoms with van der Waals surface area (Å²) < 4.78 is 12.1. The Hall–Kier alpha value is -3.20. The van der Waals surface area contributed by atoms with E-state index >= 15 is 0 Å². The van der Waals surface area contributed by atoms with Gasteiger partial charge in [0.15, 0.2) is 0 Å². The van der Waals surface area contributed by atoms with E-state index in [1.165, 1.54) is 132 Å². The number of rotatable bonds is 8. The van der Waals surface area contributed by atoms with Crippen LogP contribution in [0.2, 0.25) is 0 Å². The minimum atomic E-state index is 0.321. The molecular weight excluding hydrogens is 637 g/mol. The fourth-order valence-corrected chi connectivity index (χ4v) is 12.1. The number of hydrogen-bond donors (Lipinski definition) is 1. The molecule has 2 saturated carbocycles. The highest BCUT2D eigenvalue weighted by molar-refractivity contribution is 5.68. The topological polar surface area (TPSA) is 38.7 Å². The molecule has 0 aromatic heterocycles. The molecule has 4 bridgehead atoms. The molecule has 6 atom stereocenters. The van der Waals surface area contributed by atoms with Crippen molar-refractivity contribution in [1.82, 2.24) is 0 Å². The molecule has 3 nitrogen and oxygen atoms in total. The predicted octanol–water partition coefficient (Wildman–Crippen LogP) is 13.5. The maximum absolute atomic E-state index is 9.99. The Bertz CT molecular complexity index is 1580. The summed E-state index contributed by atoms with van der Waals surface area (Å²) in [6.45, 7) is 6.87. The fourth-order valence-electron chi connectivity index (χ4n) is 12.1. The summed E-state index contributed by atoms with van der Waals surface area (Å²) in [5, 5.41) is 9.99. The monoisotopic (exact) mass is 703 g/mol. The Balaban J connectivity index is 0.000000162. The second kappa shape index (κ2) is 16.9. The maximum atomic E-state index is 9.99. The number of benzene rings is 2. The van der Waals surface area contributed by atoms with E-state index in [4.69, 9.17) is 9.47 Å². The molecule has 0 radical (unpaired) electrons. The maximum Gasteiger partial charge on any atom is 0.126 e. The number of phenolic OH excluding ortho intramolecular Hbond substituents is 1. The van der Waals surface area contributed by atoms with Gasteiger partial charge in [-0.25, -0.2) is 0 Å². The van der Waals surface area contributed by atoms with Crippen molar-refractivity contribution in [3.05, 3.63) is 98.7 Å². The average molecular weight is 703 g/mol. The molecule has 8 rings (SSSR count). The smallest absolute Gasteiger partial charge is 0.126 e. The summed E-state index contributed by atoms with van der Waals surface area (Å²) in [6.07, 6.45) is 24.0. The van der Waals surface area contributed by atoms with Gasteiger partial charge in [0.05, 0.1) is 14.2 Å². The van der Waals surface area contributed by atoms with Gasteiger partial charge in [0.1, 0.15) is 17.3 Å². The summed E-state index contributed by atoms with van der Waals surface area (Å²) >= 11 is 0. The highest BCUT2D eigenvalue weighted by atomic mass is 16.5. The second-order valence-electron chi connectivity index (χ2n) is 16.9. The van der Waals surface area contributed by atoms with Crippen LogP contribution in [0.25, 0.3) is 11.5 Å². The molecule has 0 spiro atoms. The molecule has 0 heterocycles. The molecule has 6 unspecified atom stereocenters. The first-order chi connectivity index (χ1) is 25.5. The van der Waals surface area contributed by atoms with Crippen molar-refractivity contribution in [2.75, 3.05) is 14.2 Å². The third-order valence-electron chi connectivity index (χ3n) is 13.9. The highest BCUT2D eigenvalue weighted by Crippen LogP contribution is 2.58. The zero-order chi connectivity index (χ0) is 36.2. The lowest BCUT2D eigenvalue weighted by atomic mass is 9.57. The van der Waals surface area contributed by atoms with Gasteiger partial charge in [-0.05, 0) is 150 Å². The Morgan fingerprint density at radius 2 is 1.06 bits per heavy atom. The zero-order valence-corrected chi connectivity index (χ0v) is 33.1. The fraction of sp³-hybridized carbons (Fsp3) is 0.592. The molecule has 0 saturated heterocycles. The third-order valence-corrected chi connectivity index (χ3v) is 13.9. The van der Waals surface area contributed by atoms with Crippen molar-refractivity contribution >= 4 is 11.5 Å². The molecule has 0 aliphatic heterocycles. The number of aromatic hydroxyl groups is 1. The van der Waals surface area contributed by atoms with E-state index in [1.807, 2.05) is 43.1 Å². The number of fused-ring (bicyclic) bond motifs is 6. The van der Waals surface area contributed by atoms with Gasteiger partial charge in [0, 0.05) is 23.0 Å². The number of ether oxygens (including phenoxy) is 2. The average Bonchev–Trinajstić information content (AvgIpc) is 3.16. The summed E-state index contributed by atoms with van der Waals surface area (Å²) in [4.78, 5) is 0. The molecule has 3 heteroatoms. The molecule has 280 valence electrons. The van der Waals surface area contributed by atoms with Gasteiger partial charge in [0.25, 0.3) is 0 Å². The molecule has 2 aromatic carbocycles. The van der Waals surface area contributed by atoms with E-state index < -0.39 is 0 Å². The van der Waals surface area contributed by atoms with Gasteiger partial charge < -0.3 is 14.6 Å². The van der Waals surface area contributed by atoms with Crippen LogP contribution >= 0.6 is 0 Å². The van der Waals surface area contributed by atoms with Crippen LogP contribution in [0.5, 0.6) is 5.75 Å². The van der Waals surface area contributed by atoms with Gasteiger partial charge in [0.2, 0.25) is 0 Å². The van der Waals surface area contributed by atoms with Crippen LogP contribution < -0.4 is 0 Å². The molecule has 2 fully saturated rings. The normalized spacial score (nSPS) is 30.0. The van der Waals surface area contributed by atoms with E-state index in [0.717, 1.165) is 17.2 Å². The van der Waals surface area contributed by atoms with E-state index in [0.29, 0.717) is 35.3 Å². The van der Waals surface area contributed by atoms with Gasteiger partial charge in [-0.3, -0.25) is 0 Å². The minimum absolute atomic E-state index is 0.321. The Morgan fingerprint density at radius 1 is 0.596 bits per heavy atom. The summed E-state index contributed by atoms with van der Waals surface area (Å²) in [7, 11) is 3.70. The third kappa shape index (κ3) is 7.20. The molecule has 0 amide bonds. The first-order valence-corrected chi connectivity index (χ1v) is 21.3. The van der Waals surface area contributed by atoms with Gasteiger partial charge >= 0.3 is 0 Å². The molecule has 6 aliphatic rings. The SMILES string of the molecule is CCCC1C2=C(CCCC2)C2CCCC1/C2=C(\OC)c1cccc(C)c1.CCCC1C2=C(CCCC2)C2CCCC1/C2=C(\OC)c1cccc(O)c1. The van der Waals surface area contributed by atoms with Gasteiger partial charge in [-0.2, -0.15) is 0 Å². The number of methoxy groups -OCH3 is 2. The van der Waals surface area contributed by atoms with Crippen LogP contribution in [0.1, 0.15) is 146 Å². The largest absolute Gasteiger partial charge is 0.508 e. The predicted molar refractivity (Wildman–Crippen MR) is 217 cm³/mol. The lowest BCUT2D eigenvalue weighted by Crippen LogP contribution is -2.36. The molecule has 2 aromatic rings. The molecule has 1 N–H and O–H groups in total. The second-order valence-corrected chi connectivity index (χ2v) is 16.9. The number of allylic oxidation sites excluding steroid dienone is 6. The number of aryl methyl sites for hydroxylation is 1. The van der Waals surface area contributed by atoms with Crippen molar-refractivity contribution in [1.29, 1.82) is 0 Å². The van der Waals surface area contributed by atoms with Crippen LogP contribution in [0.3, 0.4) is 0 Å². The first kappa shape index (κ1) is 37.1. The molecule has 52 heavy (non-hydrogen) atoms. The zero-order valence-electron chi connectivity index (χ0n) is 33.1.